The highest BCUT2D eigenvalue weighted by Crippen LogP contribution is 2.21. The van der Waals surface area contributed by atoms with Crippen LogP contribution in [0.3, 0.4) is 0 Å². The van der Waals surface area contributed by atoms with Crippen LogP contribution in [0, 0.1) is 6.92 Å². The zero-order valence-corrected chi connectivity index (χ0v) is 17.9. The molecule has 0 aliphatic carbocycles. The third-order valence-electron chi connectivity index (χ3n) is 4.39. The van der Waals surface area contributed by atoms with Crippen LogP contribution in [0.15, 0.2) is 65.3 Å². The molecule has 0 saturated heterocycles. The summed E-state index contributed by atoms with van der Waals surface area (Å²) in [5.41, 5.74) is 2.89. The van der Waals surface area contributed by atoms with Gasteiger partial charge in [-0.05, 0) is 56.2 Å². The van der Waals surface area contributed by atoms with Crippen molar-refractivity contribution >= 4 is 27.5 Å². The van der Waals surface area contributed by atoms with Crippen LogP contribution in [-0.4, -0.2) is 21.3 Å². The van der Waals surface area contributed by atoms with Crippen molar-refractivity contribution < 1.29 is 9.53 Å². The standard InChI is InChI=1S/C22H24BrN3O2/c1-16-13-18(23)9-10-19(16)25-21(27)20-11-12-24-26(20)15-22(2,3)28-14-17-7-5-4-6-8-17/h4-13H,14-15H2,1-3H3,(H,25,27). The number of hydrogen-bond acceptors (Lipinski definition) is 3. The van der Waals surface area contributed by atoms with E-state index in [2.05, 4.69) is 26.3 Å². The molecule has 1 amide bonds. The van der Waals surface area contributed by atoms with E-state index < -0.39 is 5.60 Å². The van der Waals surface area contributed by atoms with Gasteiger partial charge in [-0.2, -0.15) is 5.10 Å². The molecule has 1 heterocycles. The Hall–Kier alpha value is -2.44. The summed E-state index contributed by atoms with van der Waals surface area (Å²) in [5.74, 6) is -0.193. The number of carbonyl (C=O) groups is 1. The molecule has 0 spiro atoms. The first kappa shape index (κ1) is 20.3. The fourth-order valence-electron chi connectivity index (χ4n) is 2.86. The van der Waals surface area contributed by atoms with Gasteiger partial charge in [0.1, 0.15) is 5.69 Å². The number of aromatic nitrogens is 2. The highest BCUT2D eigenvalue weighted by Gasteiger charge is 2.23. The Labute approximate surface area is 173 Å². The monoisotopic (exact) mass is 441 g/mol. The number of ether oxygens (including phenoxy) is 1. The predicted molar refractivity (Wildman–Crippen MR) is 114 cm³/mol. The van der Waals surface area contributed by atoms with Gasteiger partial charge >= 0.3 is 0 Å². The molecule has 3 aromatic rings. The van der Waals surface area contributed by atoms with E-state index in [1.54, 1.807) is 16.9 Å². The van der Waals surface area contributed by atoms with Gasteiger partial charge in [0, 0.05) is 16.4 Å². The van der Waals surface area contributed by atoms with Crippen molar-refractivity contribution in [2.24, 2.45) is 0 Å². The van der Waals surface area contributed by atoms with Gasteiger partial charge < -0.3 is 10.1 Å². The number of halogens is 1. The maximum Gasteiger partial charge on any atom is 0.273 e. The molecule has 0 radical (unpaired) electrons. The first-order chi connectivity index (χ1) is 13.3. The first-order valence-electron chi connectivity index (χ1n) is 9.11. The van der Waals surface area contributed by atoms with Crippen molar-refractivity contribution in [1.29, 1.82) is 0 Å². The number of rotatable bonds is 7. The van der Waals surface area contributed by atoms with Gasteiger partial charge in [0.05, 0.1) is 18.8 Å². The molecule has 1 aromatic heterocycles. The molecule has 0 aliphatic heterocycles. The summed E-state index contributed by atoms with van der Waals surface area (Å²) < 4.78 is 8.74. The lowest BCUT2D eigenvalue weighted by Gasteiger charge is -2.26. The molecular formula is C22H24BrN3O2. The van der Waals surface area contributed by atoms with Crippen LogP contribution in [0.2, 0.25) is 0 Å². The maximum atomic E-state index is 12.8. The van der Waals surface area contributed by atoms with Crippen LogP contribution in [0.5, 0.6) is 0 Å². The van der Waals surface area contributed by atoms with Crippen LogP contribution < -0.4 is 5.32 Å². The molecule has 0 atom stereocenters. The Balaban J connectivity index is 1.67. The molecule has 3 rings (SSSR count). The summed E-state index contributed by atoms with van der Waals surface area (Å²) in [7, 11) is 0. The minimum atomic E-state index is -0.482. The largest absolute Gasteiger partial charge is 0.369 e. The lowest BCUT2D eigenvalue weighted by molar-refractivity contribution is -0.0430. The molecule has 1 N–H and O–H groups in total. The second kappa shape index (κ2) is 8.71. The fourth-order valence-corrected chi connectivity index (χ4v) is 3.34. The average Bonchev–Trinajstić information content (AvgIpc) is 3.11. The third-order valence-corrected chi connectivity index (χ3v) is 4.88. The molecule has 6 heteroatoms. The molecule has 0 saturated carbocycles. The van der Waals surface area contributed by atoms with E-state index in [4.69, 9.17) is 4.74 Å². The minimum absolute atomic E-state index is 0.193. The lowest BCUT2D eigenvalue weighted by Crippen LogP contribution is -2.33. The van der Waals surface area contributed by atoms with E-state index in [1.165, 1.54) is 0 Å². The Bertz CT molecular complexity index is 951. The zero-order chi connectivity index (χ0) is 20.1. The lowest BCUT2D eigenvalue weighted by atomic mass is 10.1. The summed E-state index contributed by atoms with van der Waals surface area (Å²) in [6, 6.07) is 17.5. The number of benzene rings is 2. The minimum Gasteiger partial charge on any atom is -0.369 e. The average molecular weight is 442 g/mol. The summed E-state index contributed by atoms with van der Waals surface area (Å²) in [4.78, 5) is 12.8. The topological polar surface area (TPSA) is 56.2 Å². The number of anilines is 1. The highest BCUT2D eigenvalue weighted by molar-refractivity contribution is 9.10. The van der Waals surface area contributed by atoms with Gasteiger partial charge in [0.2, 0.25) is 0 Å². The Morgan fingerprint density at radius 1 is 1.18 bits per heavy atom. The van der Waals surface area contributed by atoms with Gasteiger partial charge in [-0.25, -0.2) is 0 Å². The van der Waals surface area contributed by atoms with E-state index in [0.717, 1.165) is 21.3 Å². The van der Waals surface area contributed by atoms with Crippen LogP contribution in [-0.2, 0) is 17.9 Å². The third kappa shape index (κ3) is 5.30. The van der Waals surface area contributed by atoms with Crippen LogP contribution in [0.1, 0.15) is 35.5 Å². The van der Waals surface area contributed by atoms with Crippen LogP contribution in [0.4, 0.5) is 5.69 Å². The van der Waals surface area contributed by atoms with Gasteiger partial charge in [-0.1, -0.05) is 46.3 Å². The van der Waals surface area contributed by atoms with Crippen molar-refractivity contribution in [3.63, 3.8) is 0 Å². The van der Waals surface area contributed by atoms with Gasteiger partial charge in [0.25, 0.3) is 5.91 Å². The number of nitrogens with zero attached hydrogens (tertiary/aromatic N) is 2. The van der Waals surface area contributed by atoms with Gasteiger partial charge in [-0.3, -0.25) is 9.48 Å². The maximum absolute atomic E-state index is 12.8. The van der Waals surface area contributed by atoms with Crippen molar-refractivity contribution in [2.45, 2.75) is 39.5 Å². The molecule has 0 bridgehead atoms. The Morgan fingerprint density at radius 2 is 1.93 bits per heavy atom. The second-order valence-corrected chi connectivity index (χ2v) is 8.24. The number of amides is 1. The van der Waals surface area contributed by atoms with E-state index in [9.17, 15) is 4.79 Å². The van der Waals surface area contributed by atoms with E-state index >= 15 is 0 Å². The molecule has 0 fully saturated rings. The smallest absolute Gasteiger partial charge is 0.273 e. The van der Waals surface area contributed by atoms with E-state index in [0.29, 0.717) is 18.8 Å². The second-order valence-electron chi connectivity index (χ2n) is 7.32. The van der Waals surface area contributed by atoms with Crippen molar-refractivity contribution in [1.82, 2.24) is 9.78 Å². The molecule has 0 unspecified atom stereocenters. The number of nitrogens with one attached hydrogen (secondary N) is 1. The molecule has 146 valence electrons. The Kier molecular flexibility index (Phi) is 6.31. The number of hydrogen-bond donors (Lipinski definition) is 1. The molecule has 28 heavy (non-hydrogen) atoms. The molecule has 5 nitrogen and oxygen atoms in total. The Morgan fingerprint density at radius 3 is 2.64 bits per heavy atom. The quantitative estimate of drug-likeness (QED) is 0.547. The van der Waals surface area contributed by atoms with Crippen molar-refractivity contribution in [2.75, 3.05) is 5.32 Å². The fraction of sp³-hybridized carbons (Fsp3) is 0.273. The summed E-state index contributed by atoms with van der Waals surface area (Å²) in [5, 5.41) is 7.29. The van der Waals surface area contributed by atoms with Crippen LogP contribution in [0.25, 0.3) is 0 Å². The highest BCUT2D eigenvalue weighted by atomic mass is 79.9. The van der Waals surface area contributed by atoms with Gasteiger partial charge in [0.15, 0.2) is 0 Å². The van der Waals surface area contributed by atoms with Gasteiger partial charge in [-0.15, -0.1) is 0 Å². The summed E-state index contributed by atoms with van der Waals surface area (Å²) in [6.07, 6.45) is 1.64. The molecule has 2 aromatic carbocycles. The number of aryl methyl sites for hydroxylation is 1. The number of carbonyl (C=O) groups excluding carboxylic acids is 1. The first-order valence-corrected chi connectivity index (χ1v) is 9.90. The SMILES string of the molecule is Cc1cc(Br)ccc1NC(=O)c1ccnn1CC(C)(C)OCc1ccccc1. The molecular weight excluding hydrogens is 418 g/mol. The van der Waals surface area contributed by atoms with E-state index in [1.807, 2.05) is 69.3 Å². The van der Waals surface area contributed by atoms with Crippen molar-refractivity contribution in [3.05, 3.63) is 82.1 Å². The summed E-state index contributed by atoms with van der Waals surface area (Å²) >= 11 is 3.44. The molecule has 0 aliphatic rings. The van der Waals surface area contributed by atoms with Crippen LogP contribution >= 0.6 is 15.9 Å². The zero-order valence-electron chi connectivity index (χ0n) is 16.3. The van der Waals surface area contributed by atoms with E-state index in [-0.39, 0.29) is 5.91 Å². The van der Waals surface area contributed by atoms with Crippen molar-refractivity contribution in [3.8, 4) is 0 Å². The predicted octanol–water partition coefficient (Wildman–Crippen LogP) is 5.20. The summed E-state index contributed by atoms with van der Waals surface area (Å²) in [6.45, 7) is 6.93. The normalized spacial score (nSPS) is 11.4.